The van der Waals surface area contributed by atoms with E-state index in [-0.39, 0.29) is 23.7 Å². The van der Waals surface area contributed by atoms with Crippen LogP contribution in [0, 0.1) is 6.92 Å². The van der Waals surface area contributed by atoms with Gasteiger partial charge in [-0.1, -0.05) is 0 Å². The van der Waals surface area contributed by atoms with Crippen LogP contribution in [0.5, 0.6) is 0 Å². The molecule has 2 aromatic rings. The Morgan fingerprint density at radius 1 is 1.42 bits per heavy atom. The average Bonchev–Trinajstić information content (AvgIpc) is 2.86. The van der Waals surface area contributed by atoms with Gasteiger partial charge in [-0.3, -0.25) is 4.79 Å². The minimum Gasteiger partial charge on any atom is -0.369 e. The molecule has 2 aromatic heterocycles. The quantitative estimate of drug-likeness (QED) is 0.849. The number of fused-ring (bicyclic) bond motifs is 1. The first kappa shape index (κ1) is 16.9. The number of morpholine rings is 1. The highest BCUT2D eigenvalue weighted by molar-refractivity contribution is 5.98. The molecule has 6 nitrogen and oxygen atoms in total. The Bertz CT molecular complexity index is 779. The fraction of sp³-hybridized carbons (Fsp3) is 0.611. The summed E-state index contributed by atoms with van der Waals surface area (Å²) >= 11 is 0. The maximum atomic E-state index is 13.0. The van der Waals surface area contributed by atoms with Crippen molar-refractivity contribution < 1.29 is 9.53 Å². The van der Waals surface area contributed by atoms with E-state index in [4.69, 9.17) is 4.74 Å². The molecule has 3 rings (SSSR count). The molecule has 0 aromatic carbocycles. The van der Waals surface area contributed by atoms with Crippen molar-refractivity contribution in [2.45, 2.75) is 59.3 Å². The Balaban J connectivity index is 1.97. The number of carbonyl (C=O) groups excluding carboxylic acids is 1. The molecule has 24 heavy (non-hydrogen) atoms. The fourth-order valence-corrected chi connectivity index (χ4v) is 3.44. The molecule has 0 spiro atoms. The van der Waals surface area contributed by atoms with Gasteiger partial charge in [0, 0.05) is 24.5 Å². The first-order valence-corrected chi connectivity index (χ1v) is 8.50. The smallest absolute Gasteiger partial charge is 0.255 e. The molecule has 0 N–H and O–H groups in total. The number of hydrogen-bond donors (Lipinski definition) is 0. The van der Waals surface area contributed by atoms with Crippen molar-refractivity contribution in [3.63, 3.8) is 0 Å². The normalized spacial score (nSPS) is 20.8. The topological polar surface area (TPSA) is 60.2 Å². The summed E-state index contributed by atoms with van der Waals surface area (Å²) < 4.78 is 7.78. The highest BCUT2D eigenvalue weighted by atomic mass is 16.5. The Labute approximate surface area is 142 Å². The molecule has 130 valence electrons. The van der Waals surface area contributed by atoms with Crippen LogP contribution < -0.4 is 0 Å². The van der Waals surface area contributed by atoms with Crippen LogP contribution in [0.15, 0.2) is 12.3 Å². The number of amides is 1. The van der Waals surface area contributed by atoms with Gasteiger partial charge >= 0.3 is 0 Å². The lowest BCUT2D eigenvalue weighted by molar-refractivity contribution is -0.118. The second kappa shape index (κ2) is 5.84. The number of aryl methyl sites for hydroxylation is 1. The van der Waals surface area contributed by atoms with Gasteiger partial charge in [0.2, 0.25) is 0 Å². The third kappa shape index (κ3) is 3.02. The van der Waals surface area contributed by atoms with Crippen LogP contribution in [0.25, 0.3) is 11.0 Å². The van der Waals surface area contributed by atoms with Crippen LogP contribution in [-0.4, -0.2) is 50.4 Å². The van der Waals surface area contributed by atoms with Crippen molar-refractivity contribution in [1.29, 1.82) is 0 Å². The van der Waals surface area contributed by atoms with Gasteiger partial charge in [0.1, 0.15) is 0 Å². The Morgan fingerprint density at radius 2 is 2.12 bits per heavy atom. The van der Waals surface area contributed by atoms with Crippen molar-refractivity contribution in [3.05, 3.63) is 23.5 Å². The standard InChI is InChI=1S/C18H26N4O2/c1-11(2)22-16-14(8-19-22)7-15(13(4)20-16)17(23)21-9-12(3)24-18(5,6)10-21/h7-8,11-12H,9-10H2,1-6H3/t12-/m1/s1. The third-order valence-electron chi connectivity index (χ3n) is 4.34. The largest absolute Gasteiger partial charge is 0.369 e. The van der Waals surface area contributed by atoms with Crippen LogP contribution in [0.1, 0.15) is 56.7 Å². The molecule has 1 amide bonds. The molecule has 0 aliphatic carbocycles. The van der Waals surface area contributed by atoms with Crippen molar-refractivity contribution in [1.82, 2.24) is 19.7 Å². The highest BCUT2D eigenvalue weighted by Crippen LogP contribution is 2.25. The summed E-state index contributed by atoms with van der Waals surface area (Å²) in [6.07, 6.45) is 1.81. The summed E-state index contributed by atoms with van der Waals surface area (Å²) in [5, 5.41) is 5.29. The Kier molecular flexibility index (Phi) is 4.11. The van der Waals surface area contributed by atoms with Gasteiger partial charge in [-0.15, -0.1) is 0 Å². The zero-order chi connectivity index (χ0) is 17.6. The number of aromatic nitrogens is 3. The number of ether oxygens (including phenoxy) is 1. The Morgan fingerprint density at radius 3 is 2.75 bits per heavy atom. The van der Waals surface area contributed by atoms with E-state index in [0.29, 0.717) is 18.7 Å². The third-order valence-corrected chi connectivity index (χ3v) is 4.34. The summed E-state index contributed by atoms with van der Waals surface area (Å²) in [6.45, 7) is 13.2. The molecule has 0 unspecified atom stereocenters. The summed E-state index contributed by atoms with van der Waals surface area (Å²) in [6, 6.07) is 2.15. The fourth-order valence-electron chi connectivity index (χ4n) is 3.44. The molecule has 0 bridgehead atoms. The maximum absolute atomic E-state index is 13.0. The molecule has 3 heterocycles. The molecular formula is C18H26N4O2. The van der Waals surface area contributed by atoms with Gasteiger partial charge in [0.25, 0.3) is 5.91 Å². The van der Waals surface area contributed by atoms with Gasteiger partial charge in [-0.2, -0.15) is 5.10 Å². The van der Waals surface area contributed by atoms with Gasteiger partial charge in [-0.25, -0.2) is 9.67 Å². The Hall–Kier alpha value is -1.95. The number of rotatable bonds is 2. The predicted molar refractivity (Wildman–Crippen MR) is 93.2 cm³/mol. The van der Waals surface area contributed by atoms with E-state index in [1.165, 1.54) is 0 Å². The number of carbonyl (C=O) groups is 1. The van der Waals surface area contributed by atoms with Crippen molar-refractivity contribution in [2.75, 3.05) is 13.1 Å². The molecule has 1 aliphatic heterocycles. The minimum absolute atomic E-state index is 0.0161. The van der Waals surface area contributed by atoms with Crippen LogP contribution in [0.2, 0.25) is 0 Å². The second-order valence-corrected chi connectivity index (χ2v) is 7.59. The van der Waals surface area contributed by atoms with Crippen molar-refractivity contribution >= 4 is 16.9 Å². The monoisotopic (exact) mass is 330 g/mol. The van der Waals surface area contributed by atoms with E-state index in [9.17, 15) is 4.79 Å². The highest BCUT2D eigenvalue weighted by Gasteiger charge is 2.34. The second-order valence-electron chi connectivity index (χ2n) is 7.59. The number of nitrogens with zero attached hydrogens (tertiary/aromatic N) is 4. The first-order chi connectivity index (χ1) is 11.2. The van der Waals surface area contributed by atoms with E-state index < -0.39 is 0 Å². The predicted octanol–water partition coefficient (Wildman–Crippen LogP) is 2.96. The summed E-state index contributed by atoms with van der Waals surface area (Å²) in [5.74, 6) is 0.0161. The summed E-state index contributed by atoms with van der Waals surface area (Å²) in [7, 11) is 0. The van der Waals surface area contributed by atoms with Crippen LogP contribution in [-0.2, 0) is 4.74 Å². The van der Waals surface area contributed by atoms with E-state index in [2.05, 4.69) is 23.9 Å². The van der Waals surface area contributed by atoms with E-state index >= 15 is 0 Å². The van der Waals surface area contributed by atoms with E-state index in [1.54, 1.807) is 6.20 Å². The average molecular weight is 330 g/mol. The van der Waals surface area contributed by atoms with Crippen molar-refractivity contribution in [3.8, 4) is 0 Å². The molecule has 1 aliphatic rings. The maximum Gasteiger partial charge on any atom is 0.255 e. The molecule has 0 radical (unpaired) electrons. The lowest BCUT2D eigenvalue weighted by Gasteiger charge is -2.41. The molecule has 0 saturated carbocycles. The molecule has 6 heteroatoms. The molecule has 1 atom stereocenters. The van der Waals surface area contributed by atoms with Crippen LogP contribution >= 0.6 is 0 Å². The number of hydrogen-bond acceptors (Lipinski definition) is 4. The summed E-state index contributed by atoms with van der Waals surface area (Å²) in [5.41, 5.74) is 1.89. The van der Waals surface area contributed by atoms with Gasteiger partial charge < -0.3 is 9.64 Å². The molecule has 1 saturated heterocycles. The van der Waals surface area contributed by atoms with E-state index in [0.717, 1.165) is 16.7 Å². The van der Waals surface area contributed by atoms with Crippen LogP contribution in [0.3, 0.4) is 0 Å². The lowest BCUT2D eigenvalue weighted by atomic mass is 10.0. The van der Waals surface area contributed by atoms with Gasteiger partial charge in [-0.05, 0) is 47.6 Å². The minimum atomic E-state index is -0.332. The van der Waals surface area contributed by atoms with Crippen molar-refractivity contribution in [2.24, 2.45) is 0 Å². The molecule has 1 fully saturated rings. The van der Waals surface area contributed by atoms with Gasteiger partial charge in [0.05, 0.1) is 29.2 Å². The molecular weight excluding hydrogens is 304 g/mol. The zero-order valence-corrected chi connectivity index (χ0v) is 15.3. The first-order valence-electron chi connectivity index (χ1n) is 8.50. The summed E-state index contributed by atoms with van der Waals surface area (Å²) in [4.78, 5) is 19.6. The lowest BCUT2D eigenvalue weighted by Crippen LogP contribution is -2.53. The zero-order valence-electron chi connectivity index (χ0n) is 15.3. The van der Waals surface area contributed by atoms with E-state index in [1.807, 2.05) is 43.3 Å². The van der Waals surface area contributed by atoms with Crippen LogP contribution in [0.4, 0.5) is 0 Å². The SMILES string of the molecule is Cc1nc2c(cnn2C(C)C)cc1C(=O)N1C[C@@H](C)OC(C)(C)C1. The number of pyridine rings is 1. The van der Waals surface area contributed by atoms with Gasteiger partial charge in [0.15, 0.2) is 5.65 Å².